The molecule has 0 fully saturated rings. The number of H-pyrrole nitrogens is 1. The fourth-order valence-electron chi connectivity index (χ4n) is 2.60. The third kappa shape index (κ3) is 2.93. The van der Waals surface area contributed by atoms with Gasteiger partial charge in [-0.05, 0) is 42.8 Å². The number of aryl methyl sites for hydroxylation is 1. The van der Waals surface area contributed by atoms with Gasteiger partial charge in [-0.15, -0.1) is 0 Å². The highest BCUT2D eigenvalue weighted by atomic mass is 32.2. The number of aromatic nitrogens is 1. The number of carbonyl (C=O) groups is 1. The number of rotatable bonds is 4. The van der Waals surface area contributed by atoms with Gasteiger partial charge in [-0.25, -0.2) is 8.42 Å². The van der Waals surface area contributed by atoms with E-state index in [1.54, 1.807) is 12.1 Å². The van der Waals surface area contributed by atoms with Crippen LogP contribution in [0, 0.1) is 18.3 Å². The van der Waals surface area contributed by atoms with Crippen LogP contribution in [0.4, 0.5) is 5.69 Å². The van der Waals surface area contributed by atoms with Gasteiger partial charge >= 0.3 is 0 Å². The van der Waals surface area contributed by atoms with Gasteiger partial charge in [0.05, 0.1) is 21.7 Å². The van der Waals surface area contributed by atoms with E-state index >= 15 is 0 Å². The van der Waals surface area contributed by atoms with E-state index < -0.39 is 15.9 Å². The number of hydrogen-bond donors (Lipinski definition) is 3. The van der Waals surface area contributed by atoms with Crippen LogP contribution in [0.3, 0.4) is 0 Å². The Kier molecular flexibility index (Phi) is 3.94. The van der Waals surface area contributed by atoms with Gasteiger partial charge in [-0.1, -0.05) is 6.07 Å². The zero-order valence-corrected chi connectivity index (χ0v) is 14.0. The summed E-state index contributed by atoms with van der Waals surface area (Å²) in [7, 11) is -3.86. The molecule has 3 rings (SSSR count). The van der Waals surface area contributed by atoms with Gasteiger partial charge in [-0.2, -0.15) is 5.26 Å². The molecule has 0 spiro atoms. The summed E-state index contributed by atoms with van der Waals surface area (Å²) in [5.74, 6) is -0.632. The number of nitrogens with one attached hydrogen (secondary N) is 2. The maximum absolute atomic E-state index is 12.6. The summed E-state index contributed by atoms with van der Waals surface area (Å²) < 4.78 is 27.7. The molecule has 126 valence electrons. The first-order valence-corrected chi connectivity index (χ1v) is 8.75. The summed E-state index contributed by atoms with van der Waals surface area (Å²) in [4.78, 5) is 14.0. The fraction of sp³-hybridized carbons (Fsp3) is 0.0588. The summed E-state index contributed by atoms with van der Waals surface area (Å²) in [5.41, 5.74) is 7.55. The van der Waals surface area contributed by atoms with E-state index in [-0.39, 0.29) is 10.5 Å². The van der Waals surface area contributed by atoms with Gasteiger partial charge in [0, 0.05) is 17.1 Å². The topological polar surface area (TPSA) is 129 Å². The molecule has 0 saturated heterocycles. The molecule has 7 nitrogen and oxygen atoms in total. The second-order valence-electron chi connectivity index (χ2n) is 5.49. The van der Waals surface area contributed by atoms with Crippen molar-refractivity contribution in [3.05, 3.63) is 59.3 Å². The second-order valence-corrected chi connectivity index (χ2v) is 7.17. The van der Waals surface area contributed by atoms with Crippen LogP contribution in [0.5, 0.6) is 0 Å². The molecule has 0 radical (unpaired) electrons. The minimum Gasteiger partial charge on any atom is -0.366 e. The zero-order valence-electron chi connectivity index (χ0n) is 13.2. The quantitative estimate of drug-likeness (QED) is 0.663. The standard InChI is InChI=1S/C17H14N4O3S/c1-10-2-7-14(16-15(10)12(8-18)9-20-16)21-25(23,24)13-5-3-11(4-6-13)17(19)22/h2-7,9,20-21H,1H3,(H2,19,22). The van der Waals surface area contributed by atoms with E-state index in [0.29, 0.717) is 22.2 Å². The van der Waals surface area contributed by atoms with E-state index in [0.717, 1.165) is 5.56 Å². The Balaban J connectivity index is 2.03. The summed E-state index contributed by atoms with van der Waals surface area (Å²) >= 11 is 0. The largest absolute Gasteiger partial charge is 0.366 e. The van der Waals surface area contributed by atoms with Crippen molar-refractivity contribution in [2.45, 2.75) is 11.8 Å². The highest BCUT2D eigenvalue weighted by molar-refractivity contribution is 7.92. The number of fused-ring (bicyclic) bond motifs is 1. The predicted molar refractivity (Wildman–Crippen MR) is 93.5 cm³/mol. The van der Waals surface area contributed by atoms with E-state index in [4.69, 9.17) is 5.73 Å². The molecule has 1 aromatic heterocycles. The van der Waals surface area contributed by atoms with Crippen LogP contribution in [-0.2, 0) is 10.0 Å². The first-order chi connectivity index (χ1) is 11.8. The van der Waals surface area contributed by atoms with Crippen molar-refractivity contribution in [2.24, 2.45) is 5.73 Å². The lowest BCUT2D eigenvalue weighted by atomic mass is 10.1. The van der Waals surface area contributed by atoms with Crippen molar-refractivity contribution in [3.8, 4) is 6.07 Å². The van der Waals surface area contributed by atoms with Crippen molar-refractivity contribution in [3.63, 3.8) is 0 Å². The molecule has 0 aliphatic heterocycles. The lowest BCUT2D eigenvalue weighted by Gasteiger charge is -2.10. The van der Waals surface area contributed by atoms with Gasteiger partial charge < -0.3 is 10.7 Å². The molecule has 0 unspecified atom stereocenters. The van der Waals surface area contributed by atoms with Gasteiger partial charge in [0.1, 0.15) is 6.07 Å². The Bertz CT molecular complexity index is 1120. The highest BCUT2D eigenvalue weighted by Crippen LogP contribution is 2.29. The number of anilines is 1. The van der Waals surface area contributed by atoms with Crippen molar-refractivity contribution >= 4 is 32.5 Å². The van der Waals surface area contributed by atoms with E-state index in [9.17, 15) is 18.5 Å². The van der Waals surface area contributed by atoms with Crippen LogP contribution in [0.25, 0.3) is 10.9 Å². The van der Waals surface area contributed by atoms with Crippen LogP contribution in [0.1, 0.15) is 21.5 Å². The predicted octanol–water partition coefficient (Wildman–Crippen LogP) is 2.25. The molecule has 0 aliphatic carbocycles. The normalized spacial score (nSPS) is 11.2. The number of hydrogen-bond acceptors (Lipinski definition) is 4. The Hall–Kier alpha value is -3.31. The van der Waals surface area contributed by atoms with Crippen molar-refractivity contribution in [1.29, 1.82) is 5.26 Å². The highest BCUT2D eigenvalue weighted by Gasteiger charge is 2.18. The summed E-state index contributed by atoms with van der Waals surface area (Å²) in [6, 6.07) is 10.8. The Morgan fingerprint density at radius 2 is 1.88 bits per heavy atom. The maximum atomic E-state index is 12.6. The molecule has 2 aromatic carbocycles. The Morgan fingerprint density at radius 3 is 2.48 bits per heavy atom. The smallest absolute Gasteiger partial charge is 0.261 e. The lowest BCUT2D eigenvalue weighted by Crippen LogP contribution is -2.15. The third-order valence-corrected chi connectivity index (χ3v) is 5.24. The maximum Gasteiger partial charge on any atom is 0.261 e. The monoisotopic (exact) mass is 354 g/mol. The van der Waals surface area contributed by atoms with Crippen molar-refractivity contribution in [1.82, 2.24) is 4.98 Å². The minimum absolute atomic E-state index is 0.00159. The first kappa shape index (κ1) is 16.5. The molecule has 8 heteroatoms. The third-order valence-electron chi connectivity index (χ3n) is 3.86. The number of nitriles is 1. The van der Waals surface area contributed by atoms with Gasteiger partial charge in [-0.3, -0.25) is 9.52 Å². The summed E-state index contributed by atoms with van der Waals surface area (Å²) in [5, 5.41) is 9.85. The van der Waals surface area contributed by atoms with Crippen molar-refractivity contribution < 1.29 is 13.2 Å². The lowest BCUT2D eigenvalue weighted by molar-refractivity contribution is 0.1000. The fourth-order valence-corrected chi connectivity index (χ4v) is 3.67. The number of nitrogens with zero attached hydrogens (tertiary/aromatic N) is 1. The molecular weight excluding hydrogens is 340 g/mol. The molecule has 0 aliphatic rings. The molecule has 0 atom stereocenters. The molecule has 1 amide bonds. The minimum atomic E-state index is -3.86. The Morgan fingerprint density at radius 1 is 1.20 bits per heavy atom. The van der Waals surface area contributed by atoms with Crippen LogP contribution in [-0.4, -0.2) is 19.3 Å². The average Bonchev–Trinajstić information content (AvgIpc) is 3.02. The molecule has 1 heterocycles. The number of nitrogens with two attached hydrogens (primary N) is 1. The zero-order chi connectivity index (χ0) is 18.2. The number of aromatic amines is 1. The van der Waals surface area contributed by atoms with Gasteiger partial charge in [0.25, 0.3) is 10.0 Å². The molecule has 25 heavy (non-hydrogen) atoms. The average molecular weight is 354 g/mol. The first-order valence-electron chi connectivity index (χ1n) is 7.27. The molecule has 0 bridgehead atoms. The van der Waals surface area contributed by atoms with Crippen LogP contribution < -0.4 is 10.5 Å². The summed E-state index contributed by atoms with van der Waals surface area (Å²) in [6.45, 7) is 1.85. The van der Waals surface area contributed by atoms with E-state index in [1.165, 1.54) is 30.5 Å². The van der Waals surface area contributed by atoms with Crippen LogP contribution >= 0.6 is 0 Å². The molecular formula is C17H14N4O3S. The number of primary amides is 1. The van der Waals surface area contributed by atoms with Gasteiger partial charge in [0.15, 0.2) is 0 Å². The number of sulfonamides is 1. The Labute approximate surface area is 144 Å². The number of amides is 1. The number of carbonyl (C=O) groups excluding carboxylic acids is 1. The van der Waals surface area contributed by atoms with Crippen molar-refractivity contribution in [2.75, 3.05) is 4.72 Å². The van der Waals surface area contributed by atoms with E-state index in [2.05, 4.69) is 15.8 Å². The van der Waals surface area contributed by atoms with Crippen LogP contribution in [0.2, 0.25) is 0 Å². The second kappa shape index (κ2) is 5.96. The molecule has 4 N–H and O–H groups in total. The van der Waals surface area contributed by atoms with Crippen LogP contribution in [0.15, 0.2) is 47.5 Å². The molecule has 3 aromatic rings. The van der Waals surface area contributed by atoms with Gasteiger partial charge in [0.2, 0.25) is 5.91 Å². The summed E-state index contributed by atoms with van der Waals surface area (Å²) in [6.07, 6.45) is 1.54. The van der Waals surface area contributed by atoms with E-state index in [1.807, 2.05) is 6.92 Å². The SMILES string of the molecule is Cc1ccc(NS(=O)(=O)c2ccc(C(N)=O)cc2)c2[nH]cc(C#N)c12. The number of benzene rings is 2. The molecule has 0 saturated carbocycles.